The molecule has 0 saturated carbocycles. The predicted octanol–water partition coefficient (Wildman–Crippen LogP) is -0.563. The summed E-state index contributed by atoms with van der Waals surface area (Å²) in [7, 11) is -3.13. The maximum atomic E-state index is 11.5. The number of hydrogen-bond acceptors (Lipinski definition) is 3. The highest BCUT2D eigenvalue weighted by Gasteiger charge is 2.02. The Balaban J connectivity index is 3.30. The molecule has 1 N–H and O–H groups in total. The molecule has 0 aromatic heterocycles. The highest BCUT2D eigenvalue weighted by Crippen LogP contribution is 1.80. The van der Waals surface area contributed by atoms with Crippen molar-refractivity contribution in [2.24, 2.45) is 0 Å². The van der Waals surface area contributed by atoms with E-state index < -0.39 is 10.4 Å². The summed E-state index contributed by atoms with van der Waals surface area (Å²) in [6.45, 7) is 0.137. The van der Waals surface area contributed by atoms with Gasteiger partial charge < -0.3 is 4.74 Å². The van der Waals surface area contributed by atoms with Crippen LogP contribution in [-0.4, -0.2) is 28.7 Å². The number of rotatable bonds is 4. The van der Waals surface area contributed by atoms with Crippen LogP contribution in [0.3, 0.4) is 0 Å². The summed E-state index contributed by atoms with van der Waals surface area (Å²) in [6, 6.07) is 0. The molecule has 0 radical (unpaired) electrons. The largest absolute Gasteiger partial charge is 0.383 e. The maximum Gasteiger partial charge on any atom is 0.372 e. The first-order chi connectivity index (χ1) is 4.06. The van der Waals surface area contributed by atoms with Gasteiger partial charge in [0.25, 0.3) is 0 Å². The van der Waals surface area contributed by atoms with E-state index in [0.717, 1.165) is 0 Å². The molecule has 0 spiro atoms. The summed E-state index contributed by atoms with van der Waals surface area (Å²) >= 11 is 0. The average Bonchev–Trinajstić information content (AvgIpc) is 1.63. The molecule has 0 bridgehead atoms. The molecule has 0 aliphatic rings. The molecule has 0 aromatic rings. The lowest BCUT2D eigenvalue weighted by Crippen LogP contribution is -2.23. The van der Waals surface area contributed by atoms with Gasteiger partial charge in [-0.2, -0.15) is 13.1 Å². The number of ether oxygens (including phenoxy) is 1. The van der Waals surface area contributed by atoms with Gasteiger partial charge in [-0.05, 0) is 0 Å². The van der Waals surface area contributed by atoms with Crippen LogP contribution in [0, 0.1) is 0 Å². The molecule has 0 fully saturated rings. The van der Waals surface area contributed by atoms with Crippen LogP contribution in [0.15, 0.2) is 0 Å². The van der Waals surface area contributed by atoms with E-state index in [2.05, 4.69) is 4.74 Å². The number of hydrogen-bond donors (Lipinski definition) is 1. The normalized spacial score (nSPS) is 11.8. The fraction of sp³-hybridized carbons (Fsp3) is 1.00. The second-order valence-electron chi connectivity index (χ2n) is 1.32. The van der Waals surface area contributed by atoms with E-state index in [1.165, 1.54) is 7.11 Å². The van der Waals surface area contributed by atoms with Crippen LogP contribution >= 0.6 is 0 Å². The van der Waals surface area contributed by atoms with Gasteiger partial charge in [-0.15, -0.1) is 0 Å². The topological polar surface area (TPSA) is 55.4 Å². The molecule has 0 saturated heterocycles. The fourth-order valence-corrected chi connectivity index (χ4v) is 0.593. The molecule has 9 heavy (non-hydrogen) atoms. The quantitative estimate of drug-likeness (QED) is 0.439. The minimum absolute atomic E-state index is 0.0324. The van der Waals surface area contributed by atoms with Gasteiger partial charge in [0.2, 0.25) is 0 Å². The van der Waals surface area contributed by atoms with Crippen molar-refractivity contribution in [3.63, 3.8) is 0 Å². The van der Waals surface area contributed by atoms with E-state index in [-0.39, 0.29) is 13.2 Å². The lowest BCUT2D eigenvalue weighted by molar-refractivity contribution is 0.204. The molecule has 4 nitrogen and oxygen atoms in total. The van der Waals surface area contributed by atoms with Crippen LogP contribution < -0.4 is 4.72 Å². The first-order valence-electron chi connectivity index (χ1n) is 2.24. The van der Waals surface area contributed by atoms with Gasteiger partial charge in [0, 0.05) is 13.7 Å². The van der Waals surface area contributed by atoms with Crippen molar-refractivity contribution in [3.05, 3.63) is 0 Å². The Morgan fingerprint density at radius 2 is 2.22 bits per heavy atom. The summed E-state index contributed by atoms with van der Waals surface area (Å²) < 4.78 is 36.9. The van der Waals surface area contributed by atoms with Gasteiger partial charge in [0.1, 0.15) is 0 Å². The van der Waals surface area contributed by atoms with E-state index in [1.807, 2.05) is 0 Å². The molecule has 0 atom stereocenters. The van der Waals surface area contributed by atoms with Gasteiger partial charge >= 0.3 is 10.4 Å². The van der Waals surface area contributed by atoms with E-state index in [9.17, 15) is 12.3 Å². The predicted molar refractivity (Wildman–Crippen MR) is 29.9 cm³/mol. The van der Waals surface area contributed by atoms with Crippen molar-refractivity contribution in [2.75, 3.05) is 20.3 Å². The molecular weight excluding hydrogens is 149 g/mol. The van der Waals surface area contributed by atoms with Gasteiger partial charge in [-0.1, -0.05) is 3.89 Å². The Hall–Kier alpha value is -0.200. The summed E-state index contributed by atoms with van der Waals surface area (Å²) in [5.74, 6) is 0. The third-order valence-electron chi connectivity index (χ3n) is 0.581. The van der Waals surface area contributed by atoms with Crippen LogP contribution in [0.2, 0.25) is 0 Å². The van der Waals surface area contributed by atoms with E-state index in [4.69, 9.17) is 0 Å². The molecule has 0 aromatic carbocycles. The van der Waals surface area contributed by atoms with Crippen molar-refractivity contribution in [3.8, 4) is 0 Å². The smallest absolute Gasteiger partial charge is 0.372 e. The maximum absolute atomic E-state index is 11.5. The van der Waals surface area contributed by atoms with Crippen LogP contribution in [0.4, 0.5) is 3.89 Å². The molecule has 0 unspecified atom stereocenters. The SMILES string of the molecule is COCCNS(=O)(=O)F. The number of methoxy groups -OCH3 is 1. The Morgan fingerprint density at radius 3 is 2.56 bits per heavy atom. The minimum atomic E-state index is -4.53. The molecule has 0 amide bonds. The third-order valence-corrected chi connectivity index (χ3v) is 1.13. The Labute approximate surface area is 53.4 Å². The zero-order chi connectivity index (χ0) is 7.33. The fourth-order valence-electron chi connectivity index (χ4n) is 0.266. The molecule has 0 aliphatic carbocycles. The highest BCUT2D eigenvalue weighted by molar-refractivity contribution is 7.84. The number of halogens is 1. The van der Waals surface area contributed by atoms with Gasteiger partial charge in [0.15, 0.2) is 0 Å². The second-order valence-corrected chi connectivity index (χ2v) is 2.49. The van der Waals surface area contributed by atoms with E-state index in [1.54, 1.807) is 4.72 Å². The lowest BCUT2D eigenvalue weighted by atomic mass is 10.7. The lowest BCUT2D eigenvalue weighted by Gasteiger charge is -1.95. The van der Waals surface area contributed by atoms with Crippen molar-refractivity contribution >= 4 is 10.4 Å². The Morgan fingerprint density at radius 1 is 1.67 bits per heavy atom. The summed E-state index contributed by atoms with van der Waals surface area (Å²) in [5, 5.41) is 0. The summed E-state index contributed by atoms with van der Waals surface area (Å²) in [6.07, 6.45) is 0. The van der Waals surface area contributed by atoms with Crippen LogP contribution in [0.5, 0.6) is 0 Å². The Bertz CT molecular complexity index is 154. The van der Waals surface area contributed by atoms with Gasteiger partial charge in [-0.3, -0.25) is 0 Å². The zero-order valence-electron chi connectivity index (χ0n) is 4.93. The summed E-state index contributed by atoms with van der Waals surface area (Å²) in [4.78, 5) is 0. The first kappa shape index (κ1) is 8.80. The molecular formula is C3H8FNO3S. The monoisotopic (exact) mass is 157 g/mol. The van der Waals surface area contributed by atoms with Crippen molar-refractivity contribution in [1.82, 2.24) is 4.72 Å². The van der Waals surface area contributed by atoms with E-state index >= 15 is 0 Å². The Kier molecular flexibility index (Phi) is 3.67. The van der Waals surface area contributed by atoms with Crippen LogP contribution in [-0.2, 0) is 15.1 Å². The van der Waals surface area contributed by atoms with Crippen LogP contribution in [0.25, 0.3) is 0 Å². The van der Waals surface area contributed by atoms with Crippen LogP contribution in [0.1, 0.15) is 0 Å². The van der Waals surface area contributed by atoms with Crippen molar-refractivity contribution < 1.29 is 17.0 Å². The molecule has 56 valence electrons. The van der Waals surface area contributed by atoms with Gasteiger partial charge in [-0.25, -0.2) is 0 Å². The van der Waals surface area contributed by atoms with Crippen molar-refractivity contribution in [2.45, 2.75) is 0 Å². The molecule has 6 heteroatoms. The third kappa shape index (κ3) is 7.80. The van der Waals surface area contributed by atoms with Gasteiger partial charge in [0.05, 0.1) is 6.61 Å². The standard InChI is InChI=1S/C3H8FNO3S/c1-8-3-2-5-9(4,6)7/h5H,2-3H2,1H3. The molecule has 0 aliphatic heterocycles. The number of nitrogens with one attached hydrogen (secondary N) is 1. The second kappa shape index (κ2) is 3.76. The average molecular weight is 157 g/mol. The minimum Gasteiger partial charge on any atom is -0.383 e. The zero-order valence-corrected chi connectivity index (χ0v) is 5.74. The molecule has 0 rings (SSSR count). The van der Waals surface area contributed by atoms with Crippen molar-refractivity contribution in [1.29, 1.82) is 0 Å². The molecule has 0 heterocycles. The van der Waals surface area contributed by atoms with E-state index in [0.29, 0.717) is 0 Å². The first-order valence-corrected chi connectivity index (χ1v) is 3.63. The summed E-state index contributed by atoms with van der Waals surface area (Å²) in [5.41, 5.74) is 0. The highest BCUT2D eigenvalue weighted by atomic mass is 32.3.